The molecule has 0 saturated heterocycles. The molecule has 1 heterocycles. The molecule has 0 unspecified atom stereocenters. The van der Waals surface area contributed by atoms with Gasteiger partial charge in [-0.15, -0.1) is 0 Å². The fourth-order valence-electron chi connectivity index (χ4n) is 0.384. The molecular formula is C5H5IN2. The number of nitrogens with zero attached hydrogens (tertiary/aromatic N) is 2. The summed E-state index contributed by atoms with van der Waals surface area (Å²) in [6.07, 6.45) is 3.35. The second-order valence-electron chi connectivity index (χ2n) is 1.50. The van der Waals surface area contributed by atoms with Gasteiger partial charge in [0.15, 0.2) is 0 Å². The lowest BCUT2D eigenvalue weighted by molar-refractivity contribution is 1.09. The zero-order chi connectivity index (χ0) is 5.98. The second-order valence-corrected chi connectivity index (χ2v) is 2.52. The van der Waals surface area contributed by atoms with E-state index in [4.69, 9.17) is 0 Å². The molecule has 0 fully saturated rings. The van der Waals surface area contributed by atoms with Gasteiger partial charge in [0.05, 0.1) is 0 Å². The van der Waals surface area contributed by atoms with Crippen LogP contribution in [0.15, 0.2) is 12.5 Å². The first-order chi connectivity index (χ1) is 3.80. The molecule has 8 heavy (non-hydrogen) atoms. The summed E-state index contributed by atoms with van der Waals surface area (Å²) in [6, 6.07) is 0. The average molecular weight is 220 g/mol. The summed E-state index contributed by atoms with van der Waals surface area (Å²) in [5.74, 6) is 0. The maximum absolute atomic E-state index is 3.95. The largest absolute Gasteiger partial charge is 0.244 e. The third-order valence-electron chi connectivity index (χ3n) is 0.831. The normalized spacial score (nSPS) is 9.25. The molecule has 1 aromatic heterocycles. The smallest absolute Gasteiger partial charge is 0.116 e. The van der Waals surface area contributed by atoms with Crippen molar-refractivity contribution < 1.29 is 0 Å². The van der Waals surface area contributed by atoms with E-state index in [0.29, 0.717) is 0 Å². The highest BCUT2D eigenvalue weighted by Gasteiger charge is 1.88. The summed E-state index contributed by atoms with van der Waals surface area (Å²) in [5.41, 5.74) is 1.13. The molecule has 0 bridgehead atoms. The number of halogens is 1. The van der Waals surface area contributed by atoms with Gasteiger partial charge in [-0.25, -0.2) is 9.97 Å². The number of aryl methyl sites for hydroxylation is 1. The molecule has 0 aliphatic heterocycles. The van der Waals surface area contributed by atoms with Crippen molar-refractivity contribution in [1.82, 2.24) is 9.97 Å². The topological polar surface area (TPSA) is 25.8 Å². The summed E-state index contributed by atoms with van der Waals surface area (Å²) in [5, 5.41) is 0. The van der Waals surface area contributed by atoms with Crippen molar-refractivity contribution in [2.24, 2.45) is 0 Å². The fourth-order valence-corrected chi connectivity index (χ4v) is 0.648. The van der Waals surface area contributed by atoms with Gasteiger partial charge in [0.2, 0.25) is 0 Å². The Morgan fingerprint density at radius 1 is 1.62 bits per heavy atom. The molecule has 0 amide bonds. The lowest BCUT2D eigenvalue weighted by Gasteiger charge is -1.89. The highest BCUT2D eigenvalue weighted by molar-refractivity contribution is 14.1. The lowest BCUT2D eigenvalue weighted by atomic mass is 10.4. The summed E-state index contributed by atoms with van der Waals surface area (Å²) in [4.78, 5) is 7.78. The van der Waals surface area contributed by atoms with E-state index in [1.165, 1.54) is 0 Å². The Bertz CT molecular complexity index is 167. The summed E-state index contributed by atoms with van der Waals surface area (Å²) >= 11 is 2.17. The third-order valence-corrected chi connectivity index (χ3v) is 1.96. The molecule has 42 valence electrons. The van der Waals surface area contributed by atoms with E-state index in [1.807, 2.05) is 6.92 Å². The average Bonchev–Trinajstić information content (AvgIpc) is 1.77. The van der Waals surface area contributed by atoms with E-state index in [-0.39, 0.29) is 0 Å². The Labute approximate surface area is 61.5 Å². The van der Waals surface area contributed by atoms with Crippen LogP contribution in [-0.4, -0.2) is 9.97 Å². The van der Waals surface area contributed by atoms with Gasteiger partial charge in [-0.3, -0.25) is 0 Å². The van der Waals surface area contributed by atoms with Gasteiger partial charge in [0.1, 0.15) is 10.0 Å². The molecule has 0 atom stereocenters. The predicted octanol–water partition coefficient (Wildman–Crippen LogP) is 1.39. The zero-order valence-corrected chi connectivity index (χ0v) is 6.58. The first kappa shape index (κ1) is 5.94. The van der Waals surface area contributed by atoms with Crippen LogP contribution in [0.3, 0.4) is 0 Å². The molecule has 0 radical (unpaired) electrons. The van der Waals surface area contributed by atoms with E-state index in [2.05, 4.69) is 32.6 Å². The van der Waals surface area contributed by atoms with Gasteiger partial charge < -0.3 is 0 Å². The number of aromatic nitrogens is 2. The molecule has 0 aliphatic carbocycles. The van der Waals surface area contributed by atoms with Crippen molar-refractivity contribution in [2.75, 3.05) is 0 Å². The van der Waals surface area contributed by atoms with Crippen LogP contribution in [-0.2, 0) is 0 Å². The van der Waals surface area contributed by atoms with E-state index < -0.39 is 0 Å². The molecule has 1 aromatic rings. The predicted molar refractivity (Wildman–Crippen MR) is 39.5 cm³/mol. The number of hydrogen-bond acceptors (Lipinski definition) is 2. The maximum atomic E-state index is 3.95. The standard InChI is InChI=1S/C5H5IN2/c1-4-2-7-3-8-5(4)6/h2-3H,1H3. The Kier molecular flexibility index (Phi) is 1.77. The Hall–Kier alpha value is -0.190. The van der Waals surface area contributed by atoms with Gasteiger partial charge in [-0.05, 0) is 35.1 Å². The summed E-state index contributed by atoms with van der Waals surface area (Å²) in [6.45, 7) is 1.99. The zero-order valence-electron chi connectivity index (χ0n) is 4.43. The molecule has 0 saturated carbocycles. The second kappa shape index (κ2) is 2.39. The molecule has 1 rings (SSSR count). The first-order valence-electron chi connectivity index (χ1n) is 2.23. The minimum atomic E-state index is 1.03. The molecular weight excluding hydrogens is 215 g/mol. The molecule has 2 nitrogen and oxygen atoms in total. The quantitative estimate of drug-likeness (QED) is 0.487. The van der Waals surface area contributed by atoms with Crippen molar-refractivity contribution in [3.63, 3.8) is 0 Å². The van der Waals surface area contributed by atoms with E-state index in [0.717, 1.165) is 9.26 Å². The van der Waals surface area contributed by atoms with Gasteiger partial charge in [-0.1, -0.05) is 0 Å². The van der Waals surface area contributed by atoms with Crippen LogP contribution in [0.2, 0.25) is 0 Å². The minimum Gasteiger partial charge on any atom is -0.244 e. The Balaban J connectivity index is 3.13. The summed E-state index contributed by atoms with van der Waals surface area (Å²) < 4.78 is 1.03. The van der Waals surface area contributed by atoms with Crippen molar-refractivity contribution in [2.45, 2.75) is 6.92 Å². The molecule has 0 aromatic carbocycles. The van der Waals surface area contributed by atoms with E-state index in [1.54, 1.807) is 12.5 Å². The van der Waals surface area contributed by atoms with Crippen LogP contribution in [0, 0.1) is 10.6 Å². The van der Waals surface area contributed by atoms with Gasteiger partial charge in [0.25, 0.3) is 0 Å². The van der Waals surface area contributed by atoms with Crippen LogP contribution < -0.4 is 0 Å². The highest BCUT2D eigenvalue weighted by atomic mass is 127. The van der Waals surface area contributed by atoms with Crippen LogP contribution in [0.1, 0.15) is 5.56 Å². The lowest BCUT2D eigenvalue weighted by Crippen LogP contribution is -1.84. The van der Waals surface area contributed by atoms with Gasteiger partial charge >= 0.3 is 0 Å². The first-order valence-corrected chi connectivity index (χ1v) is 3.30. The highest BCUT2D eigenvalue weighted by Crippen LogP contribution is 2.02. The minimum absolute atomic E-state index is 1.03. The Morgan fingerprint density at radius 2 is 2.38 bits per heavy atom. The van der Waals surface area contributed by atoms with Crippen LogP contribution >= 0.6 is 22.6 Å². The fraction of sp³-hybridized carbons (Fsp3) is 0.200. The third kappa shape index (κ3) is 1.15. The van der Waals surface area contributed by atoms with Crippen molar-refractivity contribution in [3.05, 3.63) is 21.8 Å². The van der Waals surface area contributed by atoms with E-state index in [9.17, 15) is 0 Å². The van der Waals surface area contributed by atoms with Crippen molar-refractivity contribution in [3.8, 4) is 0 Å². The van der Waals surface area contributed by atoms with Gasteiger partial charge in [0, 0.05) is 6.20 Å². The molecule has 0 aliphatic rings. The monoisotopic (exact) mass is 220 g/mol. The number of rotatable bonds is 0. The number of hydrogen-bond donors (Lipinski definition) is 0. The van der Waals surface area contributed by atoms with Crippen LogP contribution in [0.5, 0.6) is 0 Å². The SMILES string of the molecule is Cc1cncnc1I. The maximum Gasteiger partial charge on any atom is 0.116 e. The van der Waals surface area contributed by atoms with Crippen LogP contribution in [0.4, 0.5) is 0 Å². The van der Waals surface area contributed by atoms with E-state index >= 15 is 0 Å². The molecule has 3 heteroatoms. The van der Waals surface area contributed by atoms with Crippen molar-refractivity contribution >= 4 is 22.6 Å². The van der Waals surface area contributed by atoms with Crippen LogP contribution in [0.25, 0.3) is 0 Å². The molecule has 0 spiro atoms. The summed E-state index contributed by atoms with van der Waals surface area (Å²) in [7, 11) is 0. The molecule has 0 N–H and O–H groups in total. The van der Waals surface area contributed by atoms with Crippen molar-refractivity contribution in [1.29, 1.82) is 0 Å². The van der Waals surface area contributed by atoms with Gasteiger partial charge in [-0.2, -0.15) is 0 Å². The Morgan fingerprint density at radius 3 is 2.75 bits per heavy atom.